The zero-order valence-corrected chi connectivity index (χ0v) is 14.0. The van der Waals surface area contributed by atoms with Crippen molar-refractivity contribution in [2.75, 3.05) is 0 Å². The zero-order valence-electron chi connectivity index (χ0n) is 12.4. The second-order valence-electron chi connectivity index (χ2n) is 5.19. The lowest BCUT2D eigenvalue weighted by molar-refractivity contribution is -0.138. The first kappa shape index (κ1) is 15.8. The van der Waals surface area contributed by atoms with Crippen LogP contribution >= 0.6 is 15.9 Å². The summed E-state index contributed by atoms with van der Waals surface area (Å²) in [5.74, 6) is -1.38. The fraction of sp³-hybridized carbons (Fsp3) is 0.375. The van der Waals surface area contributed by atoms with E-state index in [0.29, 0.717) is 6.42 Å². The molecule has 4 nitrogen and oxygen atoms in total. The van der Waals surface area contributed by atoms with Crippen molar-refractivity contribution in [2.45, 2.75) is 32.6 Å². The summed E-state index contributed by atoms with van der Waals surface area (Å²) in [4.78, 5) is 11.7. The highest BCUT2D eigenvalue weighted by Crippen LogP contribution is 2.28. The fourth-order valence-electron chi connectivity index (χ4n) is 2.47. The Hall–Kier alpha value is -1.62. The normalized spacial score (nSPS) is 12.4. The van der Waals surface area contributed by atoms with Gasteiger partial charge in [-0.2, -0.15) is 5.10 Å². The van der Waals surface area contributed by atoms with Crippen LogP contribution in [0.15, 0.2) is 28.7 Å². The third kappa shape index (κ3) is 3.35. The van der Waals surface area contributed by atoms with Gasteiger partial charge in [-0.25, -0.2) is 0 Å². The average molecular weight is 351 g/mol. The molecule has 5 heteroatoms. The van der Waals surface area contributed by atoms with Gasteiger partial charge in [0.15, 0.2) is 0 Å². The summed E-state index contributed by atoms with van der Waals surface area (Å²) in [6.07, 6.45) is 1.24. The van der Waals surface area contributed by atoms with Crippen LogP contribution in [0.5, 0.6) is 0 Å². The summed E-state index contributed by atoms with van der Waals surface area (Å²) in [5.41, 5.74) is 3.77. The number of carbonyl (C=O) groups is 1. The van der Waals surface area contributed by atoms with Crippen LogP contribution in [0.2, 0.25) is 0 Å². The Morgan fingerprint density at radius 1 is 1.48 bits per heavy atom. The maximum atomic E-state index is 11.7. The standard InChI is InChI=1S/C16H19BrN2O2/c1-4-13-15(17)14(19(3)18-13)9-12(16(20)21)11-7-5-6-10(2)8-11/h5-8,12H,4,9H2,1-3H3,(H,20,21). The van der Waals surface area contributed by atoms with E-state index in [2.05, 4.69) is 21.0 Å². The van der Waals surface area contributed by atoms with Crippen molar-refractivity contribution in [1.82, 2.24) is 9.78 Å². The summed E-state index contributed by atoms with van der Waals surface area (Å²) >= 11 is 3.55. The number of carboxylic acids is 1. The molecule has 1 N–H and O–H groups in total. The molecular weight excluding hydrogens is 332 g/mol. The van der Waals surface area contributed by atoms with Crippen molar-refractivity contribution in [3.63, 3.8) is 0 Å². The summed E-state index contributed by atoms with van der Waals surface area (Å²) in [5, 5.41) is 14.0. The third-order valence-corrected chi connectivity index (χ3v) is 4.56. The van der Waals surface area contributed by atoms with Gasteiger partial charge in [0.05, 0.1) is 21.8 Å². The molecule has 0 saturated heterocycles. The van der Waals surface area contributed by atoms with Gasteiger partial charge < -0.3 is 5.11 Å². The number of carboxylic acid groups (broad SMARTS) is 1. The van der Waals surface area contributed by atoms with Crippen molar-refractivity contribution in [1.29, 1.82) is 0 Å². The SMILES string of the molecule is CCc1nn(C)c(CC(C(=O)O)c2cccc(C)c2)c1Br. The molecule has 1 heterocycles. The lowest BCUT2D eigenvalue weighted by Gasteiger charge is -2.14. The minimum absolute atomic E-state index is 0.420. The summed E-state index contributed by atoms with van der Waals surface area (Å²) < 4.78 is 2.70. The van der Waals surface area contributed by atoms with Gasteiger partial charge in [-0.3, -0.25) is 9.48 Å². The maximum absolute atomic E-state index is 11.7. The predicted octanol–water partition coefficient (Wildman–Crippen LogP) is 3.46. The van der Waals surface area contributed by atoms with Crippen LogP contribution in [0.25, 0.3) is 0 Å². The molecule has 0 aliphatic heterocycles. The van der Waals surface area contributed by atoms with E-state index in [0.717, 1.165) is 33.4 Å². The van der Waals surface area contributed by atoms with E-state index in [4.69, 9.17) is 0 Å². The molecule has 112 valence electrons. The van der Waals surface area contributed by atoms with Crippen LogP contribution in [0.4, 0.5) is 0 Å². The summed E-state index contributed by atoms with van der Waals surface area (Å²) in [6.45, 7) is 4.00. The Balaban J connectivity index is 2.38. The number of hydrogen-bond acceptors (Lipinski definition) is 2. The monoisotopic (exact) mass is 350 g/mol. The van der Waals surface area contributed by atoms with Crippen LogP contribution < -0.4 is 0 Å². The first-order valence-electron chi connectivity index (χ1n) is 6.93. The van der Waals surface area contributed by atoms with Gasteiger partial charge in [-0.1, -0.05) is 36.8 Å². The second-order valence-corrected chi connectivity index (χ2v) is 5.99. The molecule has 0 bridgehead atoms. The molecular formula is C16H19BrN2O2. The lowest BCUT2D eigenvalue weighted by Crippen LogP contribution is -2.16. The number of rotatable bonds is 5. The number of aromatic nitrogens is 2. The minimum Gasteiger partial charge on any atom is -0.481 e. The van der Waals surface area contributed by atoms with E-state index in [1.54, 1.807) is 4.68 Å². The lowest BCUT2D eigenvalue weighted by atomic mass is 9.93. The van der Waals surface area contributed by atoms with Crippen molar-refractivity contribution < 1.29 is 9.90 Å². The van der Waals surface area contributed by atoms with E-state index in [-0.39, 0.29) is 0 Å². The van der Waals surface area contributed by atoms with E-state index in [1.165, 1.54) is 0 Å². The van der Waals surface area contributed by atoms with E-state index >= 15 is 0 Å². The molecule has 0 radical (unpaired) electrons. The van der Waals surface area contributed by atoms with Crippen LogP contribution in [0.3, 0.4) is 0 Å². The smallest absolute Gasteiger partial charge is 0.311 e. The Morgan fingerprint density at radius 2 is 2.19 bits per heavy atom. The molecule has 0 aliphatic carbocycles. The highest BCUT2D eigenvalue weighted by Gasteiger charge is 2.24. The van der Waals surface area contributed by atoms with E-state index < -0.39 is 11.9 Å². The van der Waals surface area contributed by atoms with Gasteiger partial charge in [0.1, 0.15) is 0 Å². The quantitative estimate of drug-likeness (QED) is 0.898. The number of halogens is 1. The van der Waals surface area contributed by atoms with Crippen molar-refractivity contribution >= 4 is 21.9 Å². The molecule has 2 rings (SSSR count). The Labute approximate surface area is 132 Å². The Morgan fingerprint density at radius 3 is 2.71 bits per heavy atom. The molecule has 1 aromatic carbocycles. The number of hydrogen-bond donors (Lipinski definition) is 1. The molecule has 2 aromatic rings. The van der Waals surface area contributed by atoms with Gasteiger partial charge in [0, 0.05) is 13.5 Å². The summed E-state index contributed by atoms with van der Waals surface area (Å²) in [7, 11) is 1.86. The van der Waals surface area contributed by atoms with Gasteiger partial charge in [-0.15, -0.1) is 0 Å². The van der Waals surface area contributed by atoms with Crippen molar-refractivity contribution in [3.05, 3.63) is 51.3 Å². The largest absolute Gasteiger partial charge is 0.481 e. The third-order valence-electron chi connectivity index (χ3n) is 3.64. The molecule has 1 atom stereocenters. The molecule has 0 fully saturated rings. The highest BCUT2D eigenvalue weighted by molar-refractivity contribution is 9.10. The average Bonchev–Trinajstić information content (AvgIpc) is 2.70. The number of aliphatic carboxylic acids is 1. The van der Waals surface area contributed by atoms with Crippen LogP contribution in [0.1, 0.15) is 35.4 Å². The van der Waals surface area contributed by atoms with Crippen molar-refractivity contribution in [2.24, 2.45) is 7.05 Å². The first-order valence-corrected chi connectivity index (χ1v) is 7.73. The minimum atomic E-state index is -0.813. The topological polar surface area (TPSA) is 55.1 Å². The molecule has 21 heavy (non-hydrogen) atoms. The van der Waals surface area contributed by atoms with Gasteiger partial charge in [0.2, 0.25) is 0 Å². The molecule has 1 aromatic heterocycles. The number of nitrogens with zero attached hydrogens (tertiary/aromatic N) is 2. The highest BCUT2D eigenvalue weighted by atomic mass is 79.9. The molecule has 0 spiro atoms. The second kappa shape index (κ2) is 6.43. The molecule has 0 saturated carbocycles. The first-order chi connectivity index (χ1) is 9.93. The molecule has 0 amide bonds. The van der Waals surface area contributed by atoms with Gasteiger partial charge in [-0.05, 0) is 34.8 Å². The fourth-order valence-corrected chi connectivity index (χ4v) is 3.25. The van der Waals surface area contributed by atoms with Crippen LogP contribution in [0, 0.1) is 6.92 Å². The maximum Gasteiger partial charge on any atom is 0.311 e. The van der Waals surface area contributed by atoms with Gasteiger partial charge in [0.25, 0.3) is 0 Å². The number of benzene rings is 1. The van der Waals surface area contributed by atoms with E-state index in [1.807, 2.05) is 45.2 Å². The van der Waals surface area contributed by atoms with Gasteiger partial charge >= 0.3 is 5.97 Å². The van der Waals surface area contributed by atoms with Crippen LogP contribution in [-0.4, -0.2) is 20.9 Å². The zero-order chi connectivity index (χ0) is 15.6. The molecule has 0 aliphatic rings. The predicted molar refractivity (Wildman–Crippen MR) is 85.5 cm³/mol. The Kier molecular flexibility index (Phi) is 4.83. The summed E-state index contributed by atoms with van der Waals surface area (Å²) in [6, 6.07) is 7.68. The van der Waals surface area contributed by atoms with E-state index in [9.17, 15) is 9.90 Å². The Bertz CT molecular complexity index is 664. The molecule has 1 unspecified atom stereocenters. The van der Waals surface area contributed by atoms with Crippen molar-refractivity contribution in [3.8, 4) is 0 Å². The number of aryl methyl sites for hydroxylation is 3. The van der Waals surface area contributed by atoms with Crippen LogP contribution in [-0.2, 0) is 24.7 Å².